The summed E-state index contributed by atoms with van der Waals surface area (Å²) in [4.78, 5) is 43.8. The van der Waals surface area contributed by atoms with E-state index in [0.29, 0.717) is 39.3 Å². The number of amides is 2. The molecule has 0 bridgehead atoms. The molecular formula is C21H29N5O3. The molecule has 2 amide bonds. The maximum Gasteiger partial charge on any atom is 0.329 e. The topological polar surface area (TPSA) is 70.8 Å². The van der Waals surface area contributed by atoms with Crippen LogP contribution in [-0.2, 0) is 22.7 Å². The number of nitrogens with zero attached hydrogens (tertiary/aromatic N) is 5. The Kier molecular flexibility index (Phi) is 5.71. The number of aromatic nitrogens is 2. The van der Waals surface area contributed by atoms with E-state index in [9.17, 15) is 14.4 Å². The summed E-state index contributed by atoms with van der Waals surface area (Å²) in [6, 6.07) is 7.59. The Balaban J connectivity index is 1.37. The summed E-state index contributed by atoms with van der Waals surface area (Å²) < 4.78 is 3.27. The van der Waals surface area contributed by atoms with Crippen molar-refractivity contribution in [3.63, 3.8) is 0 Å². The van der Waals surface area contributed by atoms with E-state index in [4.69, 9.17) is 0 Å². The van der Waals surface area contributed by atoms with Crippen LogP contribution in [0.3, 0.4) is 0 Å². The maximum absolute atomic E-state index is 12.9. The lowest BCUT2D eigenvalue weighted by atomic mass is 10.3. The van der Waals surface area contributed by atoms with Gasteiger partial charge in [-0.25, -0.2) is 4.79 Å². The Hall–Kier alpha value is -2.61. The van der Waals surface area contributed by atoms with Gasteiger partial charge in [0.15, 0.2) is 0 Å². The molecular weight excluding hydrogens is 370 g/mol. The lowest BCUT2D eigenvalue weighted by molar-refractivity contribution is -0.135. The van der Waals surface area contributed by atoms with E-state index in [1.807, 2.05) is 36.1 Å². The molecule has 2 fully saturated rings. The highest BCUT2D eigenvalue weighted by Gasteiger charge is 2.26. The van der Waals surface area contributed by atoms with Crippen molar-refractivity contribution >= 4 is 22.8 Å². The van der Waals surface area contributed by atoms with Crippen LogP contribution in [-0.4, -0.2) is 81.5 Å². The van der Waals surface area contributed by atoms with E-state index < -0.39 is 0 Å². The second-order valence-corrected chi connectivity index (χ2v) is 7.85. The van der Waals surface area contributed by atoms with Crippen molar-refractivity contribution in [2.45, 2.75) is 32.9 Å². The first-order valence-electron chi connectivity index (χ1n) is 10.5. The molecule has 3 heterocycles. The fourth-order valence-electron chi connectivity index (χ4n) is 4.38. The smallest absolute Gasteiger partial charge is 0.329 e. The summed E-state index contributed by atoms with van der Waals surface area (Å²) in [5.41, 5.74) is 1.51. The fraction of sp³-hybridized carbons (Fsp3) is 0.571. The van der Waals surface area contributed by atoms with Crippen LogP contribution in [0.25, 0.3) is 11.0 Å². The second-order valence-electron chi connectivity index (χ2n) is 7.85. The van der Waals surface area contributed by atoms with Crippen LogP contribution in [0.5, 0.6) is 0 Å². The SMILES string of the molecule is CCn1c(=O)n(CC(=O)N2CCN(CC(=O)N3CCCC3)CC2)c2ccccc21. The van der Waals surface area contributed by atoms with Crippen molar-refractivity contribution < 1.29 is 9.59 Å². The molecule has 156 valence electrons. The van der Waals surface area contributed by atoms with Gasteiger partial charge in [0, 0.05) is 45.8 Å². The number of piperazine rings is 1. The van der Waals surface area contributed by atoms with Crippen molar-refractivity contribution in [3.05, 3.63) is 34.7 Å². The molecule has 8 heteroatoms. The summed E-state index contributed by atoms with van der Waals surface area (Å²) in [5, 5.41) is 0. The number of hydrogen-bond acceptors (Lipinski definition) is 4. The Morgan fingerprint density at radius 3 is 1.97 bits per heavy atom. The van der Waals surface area contributed by atoms with Crippen LogP contribution in [0.2, 0.25) is 0 Å². The van der Waals surface area contributed by atoms with E-state index in [1.54, 1.807) is 14.0 Å². The Labute approximate surface area is 170 Å². The van der Waals surface area contributed by atoms with E-state index in [-0.39, 0.29) is 24.0 Å². The van der Waals surface area contributed by atoms with Crippen molar-refractivity contribution in [1.82, 2.24) is 23.8 Å². The Morgan fingerprint density at radius 2 is 1.34 bits per heavy atom. The zero-order chi connectivity index (χ0) is 20.4. The number of carbonyl (C=O) groups excluding carboxylic acids is 2. The molecule has 0 unspecified atom stereocenters. The standard InChI is InChI=1S/C21H29N5O3/c1-2-25-17-7-3-4-8-18(17)26(21(25)29)16-20(28)24-13-11-22(12-14-24)15-19(27)23-9-5-6-10-23/h3-4,7-8H,2,5-6,9-16H2,1H3. The quantitative estimate of drug-likeness (QED) is 0.738. The number of hydrogen-bond donors (Lipinski definition) is 0. The molecule has 29 heavy (non-hydrogen) atoms. The molecule has 2 aliphatic heterocycles. The molecule has 4 rings (SSSR count). The van der Waals surface area contributed by atoms with Gasteiger partial charge in [-0.05, 0) is 31.9 Å². The molecule has 2 aliphatic rings. The predicted molar refractivity (Wildman–Crippen MR) is 111 cm³/mol. The third-order valence-corrected chi connectivity index (χ3v) is 6.08. The van der Waals surface area contributed by atoms with Crippen molar-refractivity contribution in [2.75, 3.05) is 45.8 Å². The van der Waals surface area contributed by atoms with Crippen molar-refractivity contribution in [2.24, 2.45) is 0 Å². The molecule has 0 radical (unpaired) electrons. The van der Waals surface area contributed by atoms with Gasteiger partial charge in [0.25, 0.3) is 0 Å². The molecule has 0 aliphatic carbocycles. The summed E-state index contributed by atoms with van der Waals surface area (Å²) in [6.45, 7) is 7.31. The minimum atomic E-state index is -0.142. The monoisotopic (exact) mass is 399 g/mol. The zero-order valence-electron chi connectivity index (χ0n) is 17.0. The summed E-state index contributed by atoms with van der Waals surface area (Å²) in [7, 11) is 0. The Morgan fingerprint density at radius 1 is 0.793 bits per heavy atom. The first-order valence-corrected chi connectivity index (χ1v) is 10.5. The van der Waals surface area contributed by atoms with Gasteiger partial charge in [0.2, 0.25) is 11.8 Å². The average Bonchev–Trinajstić information content (AvgIpc) is 3.36. The van der Waals surface area contributed by atoms with Gasteiger partial charge in [-0.1, -0.05) is 12.1 Å². The summed E-state index contributed by atoms with van der Waals surface area (Å²) in [5.74, 6) is 0.151. The van der Waals surface area contributed by atoms with Gasteiger partial charge in [-0.15, -0.1) is 0 Å². The van der Waals surface area contributed by atoms with Crippen molar-refractivity contribution in [1.29, 1.82) is 0 Å². The van der Waals surface area contributed by atoms with E-state index in [1.165, 1.54) is 0 Å². The number of likely N-dealkylation sites (tertiary alicyclic amines) is 1. The van der Waals surface area contributed by atoms with Crippen LogP contribution in [0.1, 0.15) is 19.8 Å². The van der Waals surface area contributed by atoms with Crippen LogP contribution >= 0.6 is 0 Å². The highest BCUT2D eigenvalue weighted by atomic mass is 16.2. The minimum absolute atomic E-state index is 0.0448. The number of carbonyl (C=O) groups is 2. The fourth-order valence-corrected chi connectivity index (χ4v) is 4.38. The number of fused-ring (bicyclic) bond motifs is 1. The van der Waals surface area contributed by atoms with Crippen LogP contribution in [0, 0.1) is 0 Å². The van der Waals surface area contributed by atoms with Crippen LogP contribution < -0.4 is 5.69 Å². The molecule has 2 aromatic rings. The van der Waals surface area contributed by atoms with Gasteiger partial charge in [0.05, 0.1) is 17.6 Å². The third kappa shape index (κ3) is 3.94. The maximum atomic E-state index is 12.9. The summed E-state index contributed by atoms with van der Waals surface area (Å²) >= 11 is 0. The predicted octanol–water partition coefficient (Wildman–Crippen LogP) is 0.590. The molecule has 8 nitrogen and oxygen atoms in total. The molecule has 1 aromatic heterocycles. The molecule has 1 aromatic carbocycles. The minimum Gasteiger partial charge on any atom is -0.342 e. The van der Waals surface area contributed by atoms with Gasteiger partial charge < -0.3 is 9.80 Å². The zero-order valence-corrected chi connectivity index (χ0v) is 17.0. The van der Waals surface area contributed by atoms with E-state index in [0.717, 1.165) is 37.0 Å². The normalized spacial score (nSPS) is 18.0. The first kappa shape index (κ1) is 19.7. The van der Waals surface area contributed by atoms with Crippen molar-refractivity contribution in [3.8, 4) is 0 Å². The average molecular weight is 399 g/mol. The van der Waals surface area contributed by atoms with E-state index >= 15 is 0 Å². The largest absolute Gasteiger partial charge is 0.342 e. The number of aryl methyl sites for hydroxylation is 1. The molecule has 0 N–H and O–H groups in total. The second kappa shape index (κ2) is 8.41. The number of rotatable bonds is 5. The van der Waals surface area contributed by atoms with Crippen LogP contribution in [0.4, 0.5) is 0 Å². The highest BCUT2D eigenvalue weighted by Crippen LogP contribution is 2.14. The number of benzene rings is 1. The van der Waals surface area contributed by atoms with Gasteiger partial charge >= 0.3 is 5.69 Å². The molecule has 0 atom stereocenters. The molecule has 0 spiro atoms. The third-order valence-electron chi connectivity index (χ3n) is 6.08. The molecule has 0 saturated carbocycles. The number of imidazole rings is 1. The highest BCUT2D eigenvalue weighted by molar-refractivity contribution is 5.81. The van der Waals surface area contributed by atoms with Gasteiger partial charge in [0.1, 0.15) is 6.54 Å². The van der Waals surface area contributed by atoms with Gasteiger partial charge in [-0.2, -0.15) is 0 Å². The van der Waals surface area contributed by atoms with E-state index in [2.05, 4.69) is 4.90 Å². The number of para-hydroxylation sites is 2. The van der Waals surface area contributed by atoms with Gasteiger partial charge in [-0.3, -0.25) is 23.6 Å². The Bertz CT molecular complexity index is 949. The lowest BCUT2D eigenvalue weighted by Crippen LogP contribution is -2.52. The molecule has 2 saturated heterocycles. The lowest BCUT2D eigenvalue weighted by Gasteiger charge is -2.35. The summed E-state index contributed by atoms with van der Waals surface area (Å²) in [6.07, 6.45) is 2.20. The van der Waals surface area contributed by atoms with Crippen LogP contribution in [0.15, 0.2) is 29.1 Å². The first-order chi connectivity index (χ1) is 14.1.